The van der Waals surface area contributed by atoms with Crippen molar-refractivity contribution in [1.29, 1.82) is 0 Å². The van der Waals surface area contributed by atoms with Gasteiger partial charge in [-0.25, -0.2) is 4.39 Å². The molecule has 1 saturated heterocycles. The molecule has 4 nitrogen and oxygen atoms in total. The van der Waals surface area contributed by atoms with Crippen LogP contribution in [0, 0.1) is 29.0 Å². The van der Waals surface area contributed by atoms with Crippen LogP contribution in [-0.4, -0.2) is 37.2 Å². The average Bonchev–Trinajstić information content (AvgIpc) is 3.37. The van der Waals surface area contributed by atoms with Crippen LogP contribution in [-0.2, 0) is 0 Å². The molecule has 1 N–H and O–H groups in total. The number of hydrogen-bond acceptors (Lipinski definition) is 3. The van der Waals surface area contributed by atoms with Crippen molar-refractivity contribution in [2.45, 2.75) is 64.7 Å². The maximum Gasteiger partial charge on any atom is 0.257 e. The molecule has 1 aromatic carbocycles. The van der Waals surface area contributed by atoms with Gasteiger partial charge in [-0.1, -0.05) is 13.8 Å². The van der Waals surface area contributed by atoms with Gasteiger partial charge in [-0.15, -0.1) is 0 Å². The lowest BCUT2D eigenvalue weighted by Crippen LogP contribution is -2.43. The molecule has 164 valence electrons. The zero-order chi connectivity index (χ0) is 20.9. The number of hydrogen-bond donors (Lipinski definition) is 1. The van der Waals surface area contributed by atoms with Gasteiger partial charge in [-0.2, -0.15) is 0 Å². The first kappa shape index (κ1) is 20.3. The molecular formula is C25H35FN2O2. The molecule has 1 heterocycles. The van der Waals surface area contributed by atoms with Gasteiger partial charge in [0.05, 0.1) is 18.8 Å². The third-order valence-electron chi connectivity index (χ3n) is 7.79. The van der Waals surface area contributed by atoms with Crippen LogP contribution in [0.5, 0.6) is 5.75 Å². The number of ether oxygens (including phenoxy) is 1. The fourth-order valence-electron chi connectivity index (χ4n) is 6.74. The van der Waals surface area contributed by atoms with E-state index in [1.54, 1.807) is 11.0 Å². The molecule has 4 fully saturated rings. The number of rotatable bonds is 5. The Morgan fingerprint density at radius 3 is 2.57 bits per heavy atom. The van der Waals surface area contributed by atoms with Crippen LogP contribution in [0.25, 0.3) is 0 Å². The third kappa shape index (κ3) is 3.98. The second kappa shape index (κ2) is 7.81. The number of benzene rings is 1. The largest absolute Gasteiger partial charge is 0.493 e. The minimum absolute atomic E-state index is 0.198. The van der Waals surface area contributed by atoms with E-state index >= 15 is 4.39 Å². The van der Waals surface area contributed by atoms with Crippen molar-refractivity contribution in [2.75, 3.05) is 26.4 Å². The summed E-state index contributed by atoms with van der Waals surface area (Å²) < 4.78 is 21.4. The zero-order valence-electron chi connectivity index (χ0n) is 18.4. The smallest absolute Gasteiger partial charge is 0.257 e. The summed E-state index contributed by atoms with van der Waals surface area (Å²) in [6.07, 6.45) is 8.57. The Balaban J connectivity index is 1.38. The van der Waals surface area contributed by atoms with Gasteiger partial charge in [-0.3, -0.25) is 10.1 Å². The van der Waals surface area contributed by atoms with Crippen molar-refractivity contribution in [2.24, 2.45) is 23.2 Å². The molecule has 1 amide bonds. The van der Waals surface area contributed by atoms with Gasteiger partial charge in [0, 0.05) is 24.6 Å². The number of halogens is 1. The quantitative estimate of drug-likeness (QED) is 0.742. The fraction of sp³-hybridized carbons (Fsp3) is 0.720. The second-order valence-corrected chi connectivity index (χ2v) is 10.8. The number of nitrogens with zero attached hydrogens (tertiary/aromatic N) is 1. The van der Waals surface area contributed by atoms with E-state index in [4.69, 9.17) is 4.74 Å². The van der Waals surface area contributed by atoms with E-state index in [1.807, 2.05) is 0 Å². The first-order chi connectivity index (χ1) is 14.4. The summed E-state index contributed by atoms with van der Waals surface area (Å²) in [5, 5.41) is 3.14. The summed E-state index contributed by atoms with van der Waals surface area (Å²) in [5.41, 5.74) is 1.46. The van der Waals surface area contributed by atoms with Gasteiger partial charge < -0.3 is 9.64 Å². The molecule has 1 aliphatic heterocycles. The van der Waals surface area contributed by atoms with E-state index < -0.39 is 5.82 Å². The van der Waals surface area contributed by atoms with Crippen LogP contribution < -0.4 is 10.1 Å². The zero-order valence-corrected chi connectivity index (χ0v) is 18.4. The molecule has 0 aromatic heterocycles. The van der Waals surface area contributed by atoms with Crippen molar-refractivity contribution in [3.05, 3.63) is 29.1 Å². The maximum atomic E-state index is 15.0. The van der Waals surface area contributed by atoms with Crippen molar-refractivity contribution in [1.82, 2.24) is 10.2 Å². The predicted molar refractivity (Wildman–Crippen MR) is 115 cm³/mol. The van der Waals surface area contributed by atoms with E-state index in [0.717, 1.165) is 42.7 Å². The van der Waals surface area contributed by atoms with Gasteiger partial charge in [0.25, 0.3) is 5.91 Å². The first-order valence-electron chi connectivity index (χ1n) is 11.9. The van der Waals surface area contributed by atoms with E-state index in [0.29, 0.717) is 31.5 Å². The minimum Gasteiger partial charge on any atom is -0.493 e. The van der Waals surface area contributed by atoms with E-state index in [1.165, 1.54) is 38.2 Å². The minimum atomic E-state index is -0.448. The van der Waals surface area contributed by atoms with Crippen molar-refractivity contribution >= 4 is 5.91 Å². The molecule has 4 aliphatic rings. The van der Waals surface area contributed by atoms with Crippen LogP contribution in [0.2, 0.25) is 0 Å². The second-order valence-electron chi connectivity index (χ2n) is 10.8. The van der Waals surface area contributed by atoms with Crippen LogP contribution in [0.1, 0.15) is 80.6 Å². The molecule has 0 spiro atoms. The summed E-state index contributed by atoms with van der Waals surface area (Å²) in [4.78, 5) is 14.5. The Morgan fingerprint density at radius 1 is 1.20 bits per heavy atom. The average molecular weight is 415 g/mol. The highest BCUT2D eigenvalue weighted by atomic mass is 19.1. The molecule has 2 bridgehead atoms. The van der Waals surface area contributed by atoms with Crippen molar-refractivity contribution < 1.29 is 13.9 Å². The molecule has 3 saturated carbocycles. The summed E-state index contributed by atoms with van der Waals surface area (Å²) in [6, 6.07) is 3.29. The molecule has 3 aliphatic carbocycles. The highest BCUT2D eigenvalue weighted by Crippen LogP contribution is 2.53. The Labute approximate surface area is 179 Å². The van der Waals surface area contributed by atoms with E-state index in [-0.39, 0.29) is 16.9 Å². The SMILES string of the molecule is CC1CC2CC(C)CC(COc3cc(F)c(C(=O)N4CCNC4)cc3C3CC3)(C1)C2. The highest BCUT2D eigenvalue weighted by Gasteiger charge is 2.45. The van der Waals surface area contributed by atoms with Gasteiger partial charge in [0.15, 0.2) is 0 Å². The third-order valence-corrected chi connectivity index (χ3v) is 7.79. The molecule has 2 atom stereocenters. The molecule has 30 heavy (non-hydrogen) atoms. The monoisotopic (exact) mass is 414 g/mol. The van der Waals surface area contributed by atoms with Crippen LogP contribution in [0.3, 0.4) is 0 Å². The normalized spacial score (nSPS) is 33.6. The van der Waals surface area contributed by atoms with Crippen LogP contribution in [0.15, 0.2) is 12.1 Å². The number of carbonyl (C=O) groups excluding carboxylic acids is 1. The Hall–Kier alpha value is -1.62. The topological polar surface area (TPSA) is 41.6 Å². The Morgan fingerprint density at radius 2 is 1.93 bits per heavy atom. The molecule has 2 unspecified atom stereocenters. The highest BCUT2D eigenvalue weighted by molar-refractivity contribution is 5.95. The molecule has 5 rings (SSSR count). The van der Waals surface area contributed by atoms with E-state index in [2.05, 4.69) is 19.2 Å². The van der Waals surface area contributed by atoms with Gasteiger partial charge in [-0.05, 0) is 80.2 Å². The van der Waals surface area contributed by atoms with E-state index in [9.17, 15) is 4.79 Å². The molecule has 0 radical (unpaired) electrons. The van der Waals surface area contributed by atoms with Crippen molar-refractivity contribution in [3.8, 4) is 5.75 Å². The molecule has 1 aromatic rings. The summed E-state index contributed by atoms with van der Waals surface area (Å²) in [7, 11) is 0. The van der Waals surface area contributed by atoms with Crippen LogP contribution in [0.4, 0.5) is 4.39 Å². The summed E-state index contributed by atoms with van der Waals surface area (Å²) in [5.74, 6) is 2.72. The van der Waals surface area contributed by atoms with Gasteiger partial charge >= 0.3 is 0 Å². The van der Waals surface area contributed by atoms with Gasteiger partial charge in [0.1, 0.15) is 11.6 Å². The van der Waals surface area contributed by atoms with Crippen LogP contribution >= 0.6 is 0 Å². The van der Waals surface area contributed by atoms with Gasteiger partial charge in [0.2, 0.25) is 0 Å². The Bertz CT molecular complexity index is 796. The molecule has 5 heteroatoms. The predicted octanol–water partition coefficient (Wildman–Crippen LogP) is 4.94. The number of fused-ring (bicyclic) bond motifs is 2. The number of nitrogens with one attached hydrogen (secondary N) is 1. The van der Waals surface area contributed by atoms with Crippen molar-refractivity contribution in [3.63, 3.8) is 0 Å². The summed E-state index contributed by atoms with van der Waals surface area (Å²) in [6.45, 7) is 7.33. The maximum absolute atomic E-state index is 15.0. The lowest BCUT2D eigenvalue weighted by Gasteiger charge is -2.49. The Kier molecular flexibility index (Phi) is 5.29. The summed E-state index contributed by atoms with van der Waals surface area (Å²) >= 11 is 0. The lowest BCUT2D eigenvalue weighted by molar-refractivity contribution is -0.0167. The number of carbonyl (C=O) groups is 1. The molecular weight excluding hydrogens is 379 g/mol. The fourth-order valence-corrected chi connectivity index (χ4v) is 6.74. The standard InChI is InChI=1S/C25H35FN2O2/c1-16-7-18-8-17(2)12-25(11-16,13-18)14-30-23-10-22(26)21(9-20(23)19-3-4-19)24(29)28-6-5-27-15-28/h9-10,16-19,27H,3-8,11-15H2,1-2H3. The number of amides is 1. The lowest BCUT2D eigenvalue weighted by atomic mass is 9.57. The first-order valence-corrected chi connectivity index (χ1v) is 11.9.